The molecule has 0 radical (unpaired) electrons. The molecule has 1 aromatic carbocycles. The van der Waals surface area contributed by atoms with Gasteiger partial charge in [-0.2, -0.15) is 0 Å². The summed E-state index contributed by atoms with van der Waals surface area (Å²) in [5, 5.41) is 9.34. The van der Waals surface area contributed by atoms with Crippen molar-refractivity contribution < 1.29 is 9.90 Å². The molecule has 0 aliphatic heterocycles. The summed E-state index contributed by atoms with van der Waals surface area (Å²) in [5.74, 6) is 0.0515. The third-order valence-corrected chi connectivity index (χ3v) is 2.82. The Labute approximate surface area is 84.6 Å². The Kier molecular flexibility index (Phi) is 2.94. The van der Waals surface area contributed by atoms with Crippen LogP contribution in [0.25, 0.3) is 0 Å². The molecule has 0 fully saturated rings. The van der Waals surface area contributed by atoms with Gasteiger partial charge in [0.05, 0.1) is 5.56 Å². The van der Waals surface area contributed by atoms with E-state index < -0.39 is 0 Å². The summed E-state index contributed by atoms with van der Waals surface area (Å²) in [6.45, 7) is 6.34. The van der Waals surface area contributed by atoms with Gasteiger partial charge in [-0.1, -0.05) is 26.8 Å². The van der Waals surface area contributed by atoms with Gasteiger partial charge >= 0.3 is 0 Å². The van der Waals surface area contributed by atoms with Crippen molar-refractivity contribution in [1.29, 1.82) is 0 Å². The SMILES string of the molecule is CCC(C)(C)c1ccc(O)c(C=O)c1. The normalized spacial score (nSPS) is 11.4. The minimum atomic E-state index is 0.0471. The zero-order valence-corrected chi connectivity index (χ0v) is 8.87. The van der Waals surface area contributed by atoms with Crippen LogP contribution in [0.1, 0.15) is 43.1 Å². The van der Waals surface area contributed by atoms with Crippen LogP contribution >= 0.6 is 0 Å². The second-order valence-corrected chi connectivity index (χ2v) is 4.13. The predicted molar refractivity (Wildman–Crippen MR) is 56.8 cm³/mol. The maximum atomic E-state index is 10.6. The van der Waals surface area contributed by atoms with E-state index in [2.05, 4.69) is 20.8 Å². The summed E-state index contributed by atoms with van der Waals surface area (Å²) in [6.07, 6.45) is 1.68. The van der Waals surface area contributed by atoms with Crippen molar-refractivity contribution in [3.8, 4) is 5.75 Å². The van der Waals surface area contributed by atoms with Gasteiger partial charge in [0.15, 0.2) is 6.29 Å². The van der Waals surface area contributed by atoms with Crippen molar-refractivity contribution in [2.75, 3.05) is 0 Å². The molecular weight excluding hydrogens is 176 g/mol. The van der Waals surface area contributed by atoms with Gasteiger partial charge in [-0.05, 0) is 29.5 Å². The minimum Gasteiger partial charge on any atom is -0.507 e. The molecule has 0 atom stereocenters. The molecule has 0 unspecified atom stereocenters. The van der Waals surface area contributed by atoms with Crippen LogP contribution in [0.5, 0.6) is 5.75 Å². The Balaban J connectivity index is 3.19. The lowest BCUT2D eigenvalue weighted by Gasteiger charge is -2.23. The monoisotopic (exact) mass is 192 g/mol. The fraction of sp³-hybridized carbons (Fsp3) is 0.417. The second-order valence-electron chi connectivity index (χ2n) is 4.13. The lowest BCUT2D eigenvalue weighted by atomic mass is 9.81. The van der Waals surface area contributed by atoms with Gasteiger partial charge in [0.25, 0.3) is 0 Å². The standard InChI is InChI=1S/C12H16O2/c1-4-12(2,3)10-5-6-11(14)9(7-10)8-13/h5-8,14H,4H2,1-3H3. The first-order valence-corrected chi connectivity index (χ1v) is 4.80. The fourth-order valence-corrected chi connectivity index (χ4v) is 1.27. The number of rotatable bonds is 3. The van der Waals surface area contributed by atoms with Gasteiger partial charge in [0.1, 0.15) is 5.75 Å². The van der Waals surface area contributed by atoms with Crippen molar-refractivity contribution in [3.63, 3.8) is 0 Å². The van der Waals surface area contributed by atoms with Crippen molar-refractivity contribution in [2.45, 2.75) is 32.6 Å². The number of phenolic OH excluding ortho intramolecular Hbond substituents is 1. The summed E-state index contributed by atoms with van der Waals surface area (Å²) in [5.41, 5.74) is 1.50. The number of aldehydes is 1. The van der Waals surface area contributed by atoms with E-state index in [4.69, 9.17) is 0 Å². The van der Waals surface area contributed by atoms with Gasteiger partial charge in [0, 0.05) is 0 Å². The molecule has 0 amide bonds. The molecule has 2 heteroatoms. The van der Waals surface area contributed by atoms with Crippen molar-refractivity contribution in [1.82, 2.24) is 0 Å². The first-order valence-electron chi connectivity index (χ1n) is 4.80. The molecule has 0 aliphatic rings. The van der Waals surface area contributed by atoms with E-state index in [1.165, 1.54) is 0 Å². The molecule has 0 aliphatic carbocycles. The average molecular weight is 192 g/mol. The number of hydrogen-bond donors (Lipinski definition) is 1. The summed E-state index contributed by atoms with van der Waals surface area (Å²) in [7, 11) is 0. The van der Waals surface area contributed by atoms with Crippen LogP contribution in [0.15, 0.2) is 18.2 Å². The molecule has 0 spiro atoms. The number of benzene rings is 1. The molecule has 1 rings (SSSR count). The van der Waals surface area contributed by atoms with Crippen molar-refractivity contribution in [3.05, 3.63) is 29.3 Å². The zero-order chi connectivity index (χ0) is 10.8. The largest absolute Gasteiger partial charge is 0.507 e. The van der Waals surface area contributed by atoms with Crippen LogP contribution in [-0.4, -0.2) is 11.4 Å². The molecule has 0 heterocycles. The summed E-state index contributed by atoms with van der Waals surface area (Å²) in [4.78, 5) is 10.6. The van der Waals surface area contributed by atoms with Gasteiger partial charge in [0.2, 0.25) is 0 Å². The van der Waals surface area contributed by atoms with Crippen molar-refractivity contribution >= 4 is 6.29 Å². The summed E-state index contributed by atoms with van der Waals surface area (Å²) >= 11 is 0. The molecule has 0 saturated heterocycles. The van der Waals surface area contributed by atoms with Gasteiger partial charge in [-0.15, -0.1) is 0 Å². The van der Waals surface area contributed by atoms with E-state index in [-0.39, 0.29) is 11.2 Å². The van der Waals surface area contributed by atoms with Crippen LogP contribution in [0, 0.1) is 0 Å². The van der Waals surface area contributed by atoms with Crippen LogP contribution in [0.2, 0.25) is 0 Å². The number of carbonyl (C=O) groups excluding carboxylic acids is 1. The Bertz CT molecular complexity index is 340. The first-order chi connectivity index (χ1) is 6.51. The van der Waals surface area contributed by atoms with E-state index in [0.717, 1.165) is 12.0 Å². The fourth-order valence-electron chi connectivity index (χ4n) is 1.27. The highest BCUT2D eigenvalue weighted by atomic mass is 16.3. The highest BCUT2D eigenvalue weighted by Gasteiger charge is 2.18. The Morgan fingerprint density at radius 2 is 2.07 bits per heavy atom. The summed E-state index contributed by atoms with van der Waals surface area (Å²) < 4.78 is 0. The summed E-state index contributed by atoms with van der Waals surface area (Å²) in [6, 6.07) is 5.20. The molecule has 0 bridgehead atoms. The van der Waals surface area contributed by atoms with Crippen LogP contribution in [-0.2, 0) is 5.41 Å². The number of hydrogen-bond acceptors (Lipinski definition) is 2. The zero-order valence-electron chi connectivity index (χ0n) is 8.87. The average Bonchev–Trinajstić information content (AvgIpc) is 2.18. The lowest BCUT2D eigenvalue weighted by molar-refractivity contribution is 0.112. The smallest absolute Gasteiger partial charge is 0.153 e. The quantitative estimate of drug-likeness (QED) is 0.748. The van der Waals surface area contributed by atoms with Crippen molar-refractivity contribution in [2.24, 2.45) is 0 Å². The Hall–Kier alpha value is -1.31. The molecular formula is C12H16O2. The number of carbonyl (C=O) groups is 1. The highest BCUT2D eigenvalue weighted by Crippen LogP contribution is 2.29. The molecule has 1 N–H and O–H groups in total. The Morgan fingerprint density at radius 1 is 1.43 bits per heavy atom. The Morgan fingerprint density at radius 3 is 2.57 bits per heavy atom. The molecule has 14 heavy (non-hydrogen) atoms. The third-order valence-electron chi connectivity index (χ3n) is 2.82. The van der Waals surface area contributed by atoms with Crippen LogP contribution < -0.4 is 0 Å². The van der Waals surface area contributed by atoms with E-state index in [0.29, 0.717) is 11.8 Å². The topological polar surface area (TPSA) is 37.3 Å². The third kappa shape index (κ3) is 1.95. The first kappa shape index (κ1) is 10.8. The minimum absolute atomic E-state index is 0.0471. The number of phenols is 1. The van der Waals surface area contributed by atoms with E-state index >= 15 is 0 Å². The molecule has 2 nitrogen and oxygen atoms in total. The molecule has 0 aromatic heterocycles. The molecule has 76 valence electrons. The van der Waals surface area contributed by atoms with Gasteiger partial charge in [-0.3, -0.25) is 4.79 Å². The van der Waals surface area contributed by atoms with E-state index in [1.54, 1.807) is 12.1 Å². The van der Waals surface area contributed by atoms with E-state index in [1.807, 2.05) is 6.07 Å². The molecule has 1 aromatic rings. The maximum absolute atomic E-state index is 10.6. The second kappa shape index (κ2) is 3.82. The van der Waals surface area contributed by atoms with E-state index in [9.17, 15) is 9.90 Å². The van der Waals surface area contributed by atoms with Gasteiger partial charge in [-0.25, -0.2) is 0 Å². The number of aromatic hydroxyl groups is 1. The maximum Gasteiger partial charge on any atom is 0.153 e. The predicted octanol–water partition coefficient (Wildman–Crippen LogP) is 2.89. The van der Waals surface area contributed by atoms with Gasteiger partial charge < -0.3 is 5.11 Å². The van der Waals surface area contributed by atoms with Crippen LogP contribution in [0.3, 0.4) is 0 Å². The molecule has 0 saturated carbocycles. The highest BCUT2D eigenvalue weighted by molar-refractivity contribution is 5.79. The lowest BCUT2D eigenvalue weighted by Crippen LogP contribution is -2.15. The van der Waals surface area contributed by atoms with Crippen LogP contribution in [0.4, 0.5) is 0 Å².